The number of amides is 1. The lowest BCUT2D eigenvalue weighted by atomic mass is 9.85. The van der Waals surface area contributed by atoms with Crippen molar-refractivity contribution in [1.82, 2.24) is 10.2 Å². The molecule has 2 aliphatic rings. The van der Waals surface area contributed by atoms with Crippen LogP contribution in [-0.4, -0.2) is 43.2 Å². The van der Waals surface area contributed by atoms with Gasteiger partial charge in [-0.25, -0.2) is 0 Å². The number of nitrogens with zero attached hydrogens (tertiary/aromatic N) is 1. The second-order valence-corrected chi connectivity index (χ2v) is 6.18. The molecule has 1 saturated heterocycles. The summed E-state index contributed by atoms with van der Waals surface area (Å²) in [5.74, 6) is -1.11. The molecule has 1 aliphatic carbocycles. The van der Waals surface area contributed by atoms with Crippen molar-refractivity contribution in [1.29, 1.82) is 0 Å². The first-order chi connectivity index (χ1) is 9.36. The van der Waals surface area contributed by atoms with Crippen molar-refractivity contribution in [3.8, 4) is 0 Å². The van der Waals surface area contributed by atoms with E-state index in [1.54, 1.807) is 0 Å². The molecule has 0 aromatic rings. The van der Waals surface area contributed by atoms with E-state index in [0.29, 0.717) is 12.8 Å². The zero-order valence-electron chi connectivity index (χ0n) is 11.9. The molecule has 6 heteroatoms. The van der Waals surface area contributed by atoms with E-state index >= 15 is 0 Å². The van der Waals surface area contributed by atoms with E-state index in [9.17, 15) is 18.0 Å². The average molecular weight is 292 g/mol. The maximum Gasteiger partial charge on any atom is 0.391 e. The number of halogens is 3. The lowest BCUT2D eigenvalue weighted by Gasteiger charge is -2.33. The number of carbonyl (C=O) groups is 1. The van der Waals surface area contributed by atoms with Crippen molar-refractivity contribution >= 4 is 5.91 Å². The van der Waals surface area contributed by atoms with E-state index in [1.807, 2.05) is 7.05 Å². The van der Waals surface area contributed by atoms with Gasteiger partial charge in [0, 0.05) is 12.0 Å². The molecule has 0 bridgehead atoms. The third-order valence-electron chi connectivity index (χ3n) is 4.63. The van der Waals surface area contributed by atoms with Crippen molar-refractivity contribution in [3.05, 3.63) is 0 Å². The molecule has 1 N–H and O–H groups in total. The highest BCUT2D eigenvalue weighted by molar-refractivity contribution is 5.79. The highest BCUT2D eigenvalue weighted by Gasteiger charge is 2.41. The zero-order chi connectivity index (χ0) is 14.8. The molecule has 20 heavy (non-hydrogen) atoms. The number of likely N-dealkylation sites (tertiary alicyclic amines) is 1. The third-order valence-corrected chi connectivity index (χ3v) is 4.63. The summed E-state index contributed by atoms with van der Waals surface area (Å²) in [4.78, 5) is 14.3. The van der Waals surface area contributed by atoms with Crippen LogP contribution in [0.3, 0.4) is 0 Å². The lowest BCUT2D eigenvalue weighted by molar-refractivity contribution is -0.182. The van der Waals surface area contributed by atoms with E-state index in [-0.39, 0.29) is 30.7 Å². The molecule has 116 valence electrons. The fraction of sp³-hybridized carbons (Fsp3) is 0.929. The molecule has 0 aromatic heterocycles. The Balaban J connectivity index is 1.74. The number of alkyl halides is 3. The molecule has 0 unspecified atom stereocenters. The maximum absolute atomic E-state index is 12.6. The second kappa shape index (κ2) is 6.33. The van der Waals surface area contributed by atoms with Gasteiger partial charge >= 0.3 is 6.18 Å². The number of hydrogen-bond donors (Lipinski definition) is 1. The minimum atomic E-state index is -4.08. The van der Waals surface area contributed by atoms with E-state index < -0.39 is 12.1 Å². The maximum atomic E-state index is 12.6. The molecule has 3 nitrogen and oxygen atoms in total. The first-order valence-electron chi connectivity index (χ1n) is 7.42. The number of carbonyl (C=O) groups excluding carboxylic acids is 1. The largest absolute Gasteiger partial charge is 0.391 e. The first-order valence-corrected chi connectivity index (χ1v) is 7.42. The van der Waals surface area contributed by atoms with Crippen LogP contribution < -0.4 is 5.32 Å². The standard InChI is InChI=1S/C14H23F3N2O/c1-19-8-6-10(7-9-19)13(20)18-12-4-2-11(3-5-12)14(15,16)17/h10-12H,2-9H2,1H3,(H,18,20). The normalized spacial score (nSPS) is 30.2. The van der Waals surface area contributed by atoms with Crippen molar-refractivity contribution in [2.45, 2.75) is 50.7 Å². The van der Waals surface area contributed by atoms with Gasteiger partial charge in [-0.15, -0.1) is 0 Å². The SMILES string of the molecule is CN1CCC(C(=O)NC2CCC(C(F)(F)F)CC2)CC1. The summed E-state index contributed by atoms with van der Waals surface area (Å²) < 4.78 is 37.7. The van der Waals surface area contributed by atoms with E-state index in [1.165, 1.54) is 0 Å². The van der Waals surface area contributed by atoms with Crippen LogP contribution in [0.2, 0.25) is 0 Å². The van der Waals surface area contributed by atoms with Crippen LogP contribution in [-0.2, 0) is 4.79 Å². The Bertz CT molecular complexity index is 330. The molecular weight excluding hydrogens is 269 g/mol. The Kier molecular flexibility index (Phi) is 4.94. The van der Waals surface area contributed by atoms with Crippen molar-refractivity contribution in [3.63, 3.8) is 0 Å². The predicted octanol–water partition coefficient (Wildman–Crippen LogP) is 2.57. The summed E-state index contributed by atoms with van der Waals surface area (Å²) in [6, 6.07) is -0.0687. The monoisotopic (exact) mass is 292 g/mol. The van der Waals surface area contributed by atoms with Crippen LogP contribution >= 0.6 is 0 Å². The molecule has 1 amide bonds. The minimum Gasteiger partial charge on any atom is -0.353 e. The Hall–Kier alpha value is -0.780. The topological polar surface area (TPSA) is 32.3 Å². The summed E-state index contributed by atoms with van der Waals surface area (Å²) in [5, 5.41) is 2.95. The van der Waals surface area contributed by atoms with Gasteiger partial charge < -0.3 is 10.2 Å². The first kappa shape index (κ1) is 15.6. The van der Waals surface area contributed by atoms with Gasteiger partial charge in [0.2, 0.25) is 5.91 Å². The van der Waals surface area contributed by atoms with E-state index in [0.717, 1.165) is 25.9 Å². The van der Waals surface area contributed by atoms with E-state index in [2.05, 4.69) is 10.2 Å². The molecule has 0 atom stereocenters. The smallest absolute Gasteiger partial charge is 0.353 e. The molecule has 2 rings (SSSR count). The van der Waals surface area contributed by atoms with Crippen LogP contribution in [0.5, 0.6) is 0 Å². The highest BCUT2D eigenvalue weighted by Crippen LogP contribution is 2.37. The van der Waals surface area contributed by atoms with Gasteiger partial charge in [-0.3, -0.25) is 4.79 Å². The fourth-order valence-electron chi connectivity index (χ4n) is 3.15. The number of piperidine rings is 1. The molecule has 0 radical (unpaired) electrons. The van der Waals surface area contributed by atoms with Gasteiger partial charge in [0.25, 0.3) is 0 Å². The second-order valence-electron chi connectivity index (χ2n) is 6.18. The van der Waals surface area contributed by atoms with Crippen LogP contribution in [0.25, 0.3) is 0 Å². The summed E-state index contributed by atoms with van der Waals surface area (Å²) in [6.07, 6.45) is -1.21. The minimum absolute atomic E-state index is 0.0338. The zero-order valence-corrected chi connectivity index (χ0v) is 11.9. The van der Waals surface area contributed by atoms with Crippen molar-refractivity contribution in [2.75, 3.05) is 20.1 Å². The van der Waals surface area contributed by atoms with Gasteiger partial charge in [-0.2, -0.15) is 13.2 Å². The fourth-order valence-corrected chi connectivity index (χ4v) is 3.15. The average Bonchev–Trinajstić information content (AvgIpc) is 2.39. The third kappa shape index (κ3) is 4.11. The summed E-state index contributed by atoms with van der Waals surface area (Å²) in [7, 11) is 2.03. The summed E-state index contributed by atoms with van der Waals surface area (Å²) in [5.41, 5.74) is 0. The van der Waals surface area contributed by atoms with Crippen molar-refractivity contribution < 1.29 is 18.0 Å². The Labute approximate surface area is 117 Å². The summed E-state index contributed by atoms with van der Waals surface area (Å²) in [6.45, 7) is 1.83. The number of hydrogen-bond acceptors (Lipinski definition) is 2. The molecule has 1 aliphatic heterocycles. The van der Waals surface area contributed by atoms with Crippen LogP contribution in [0.15, 0.2) is 0 Å². The lowest BCUT2D eigenvalue weighted by Crippen LogP contribution is -2.45. The summed E-state index contributed by atoms with van der Waals surface area (Å²) >= 11 is 0. The van der Waals surface area contributed by atoms with Crippen LogP contribution in [0.4, 0.5) is 13.2 Å². The van der Waals surface area contributed by atoms with Gasteiger partial charge in [0.1, 0.15) is 0 Å². The number of rotatable bonds is 2. The predicted molar refractivity (Wildman–Crippen MR) is 70.2 cm³/mol. The quantitative estimate of drug-likeness (QED) is 0.848. The van der Waals surface area contributed by atoms with Crippen LogP contribution in [0, 0.1) is 11.8 Å². The van der Waals surface area contributed by atoms with E-state index in [4.69, 9.17) is 0 Å². The van der Waals surface area contributed by atoms with Gasteiger partial charge in [-0.1, -0.05) is 0 Å². The van der Waals surface area contributed by atoms with Crippen molar-refractivity contribution in [2.24, 2.45) is 11.8 Å². The van der Waals surface area contributed by atoms with Gasteiger partial charge in [0.05, 0.1) is 5.92 Å². The van der Waals surface area contributed by atoms with Gasteiger partial charge in [0.15, 0.2) is 0 Å². The Morgan fingerprint density at radius 2 is 1.60 bits per heavy atom. The van der Waals surface area contributed by atoms with Gasteiger partial charge in [-0.05, 0) is 58.7 Å². The van der Waals surface area contributed by atoms with Crippen LogP contribution in [0.1, 0.15) is 38.5 Å². The molecule has 0 aromatic carbocycles. The Morgan fingerprint density at radius 1 is 1.05 bits per heavy atom. The molecular formula is C14H23F3N2O. The highest BCUT2D eigenvalue weighted by atomic mass is 19.4. The molecule has 1 saturated carbocycles. The number of nitrogens with one attached hydrogen (secondary N) is 1. The Morgan fingerprint density at radius 3 is 2.10 bits per heavy atom. The molecule has 2 fully saturated rings. The molecule has 0 spiro atoms. The molecule has 1 heterocycles.